The third-order valence-electron chi connectivity index (χ3n) is 10.1. The first-order valence-electron chi connectivity index (χ1n) is 18.9. The van der Waals surface area contributed by atoms with E-state index in [1.165, 1.54) is 16.7 Å². The minimum Gasteiger partial charge on any atom is -0.384 e. The van der Waals surface area contributed by atoms with E-state index in [0.29, 0.717) is 72.5 Å². The van der Waals surface area contributed by atoms with Gasteiger partial charge in [-0.15, -0.1) is 0 Å². The second-order valence-electron chi connectivity index (χ2n) is 13.9. The molecule has 0 saturated heterocycles. The smallest absolute Gasteiger partial charge is 0.245 e. The molecule has 0 radical (unpaired) electrons. The minimum absolute atomic E-state index is 0.0972. The zero-order valence-corrected chi connectivity index (χ0v) is 33.0. The van der Waals surface area contributed by atoms with Crippen LogP contribution < -0.4 is 33.2 Å². The summed E-state index contributed by atoms with van der Waals surface area (Å²) in [5, 5.41) is 11.7. The van der Waals surface area contributed by atoms with Crippen molar-refractivity contribution in [3.63, 3.8) is 0 Å². The average Bonchev–Trinajstić information content (AvgIpc) is 3.61. The fourth-order valence-electron chi connectivity index (χ4n) is 6.96. The Morgan fingerprint density at radius 3 is 2.46 bits per heavy atom. The lowest BCUT2D eigenvalue weighted by atomic mass is 10.0. The highest BCUT2D eigenvalue weighted by Gasteiger charge is 2.34. The summed E-state index contributed by atoms with van der Waals surface area (Å²) in [6, 6.07) is 16.6. The Balaban J connectivity index is 1.45. The third-order valence-corrected chi connectivity index (χ3v) is 11.7. The highest BCUT2D eigenvalue weighted by atomic mass is 35.5. The van der Waals surface area contributed by atoms with Crippen LogP contribution in [0.25, 0.3) is 22.0 Å². The van der Waals surface area contributed by atoms with E-state index in [0.717, 1.165) is 38.7 Å². The Kier molecular flexibility index (Phi) is 14.0. The van der Waals surface area contributed by atoms with Crippen molar-refractivity contribution >= 4 is 57.8 Å². The number of nitrogens with two attached hydrogens (primary N) is 3. The molecular weight excluding hydrogens is 748 g/mol. The fourth-order valence-corrected chi connectivity index (χ4v) is 8.31. The van der Waals surface area contributed by atoms with Crippen molar-refractivity contribution in [1.82, 2.24) is 35.8 Å². The molecule has 3 amide bonds. The van der Waals surface area contributed by atoms with Gasteiger partial charge >= 0.3 is 0 Å². The molecule has 0 bridgehead atoms. The molecule has 1 aliphatic heterocycles. The van der Waals surface area contributed by atoms with Crippen molar-refractivity contribution < 1.29 is 14.4 Å². The largest absolute Gasteiger partial charge is 0.384 e. The number of nitrogen functional groups attached to an aromatic ring is 1. The van der Waals surface area contributed by atoms with Gasteiger partial charge in [0.1, 0.15) is 22.9 Å². The highest BCUT2D eigenvalue weighted by Crippen LogP contribution is 2.40. The number of amides is 3. The summed E-state index contributed by atoms with van der Waals surface area (Å²) in [6.45, 7) is 1.26. The number of fused-ring (bicyclic) bond motifs is 3. The van der Waals surface area contributed by atoms with Crippen LogP contribution in [0.3, 0.4) is 0 Å². The third kappa shape index (κ3) is 9.87. The number of hydrogen-bond donors (Lipinski definition) is 7. The van der Waals surface area contributed by atoms with Crippen LogP contribution in [0.1, 0.15) is 48.8 Å². The lowest BCUT2D eigenvalue weighted by Gasteiger charge is -2.32. The predicted molar refractivity (Wildman–Crippen MR) is 222 cm³/mol. The van der Waals surface area contributed by atoms with E-state index >= 15 is 0 Å². The zero-order chi connectivity index (χ0) is 39.6. The molecule has 0 unspecified atom stereocenters. The average molecular weight is 797 g/mol. The monoisotopic (exact) mass is 796 g/mol. The van der Waals surface area contributed by atoms with E-state index in [2.05, 4.69) is 25.9 Å². The SMILES string of the molecule is CN1C(=O)[C@H](CCCCN)NC(=O)[C@H](CCCN)NCc2cccnc2Sc2c(Cl)cc(-c3ccnc(N)c3)cc2CNC(=O)[C@@H]1Cc1c[nH]c2ccccc12. The quantitative estimate of drug-likeness (QED) is 0.0983. The maximum atomic E-state index is 14.6. The number of halogens is 1. The van der Waals surface area contributed by atoms with Gasteiger partial charge < -0.3 is 43.0 Å². The Labute approximate surface area is 335 Å². The molecule has 0 fully saturated rings. The van der Waals surface area contributed by atoms with Gasteiger partial charge in [0.05, 0.1) is 11.1 Å². The van der Waals surface area contributed by atoms with Crippen LogP contribution in [0.4, 0.5) is 5.82 Å². The molecule has 2 aromatic carbocycles. The van der Waals surface area contributed by atoms with Gasteiger partial charge in [-0.1, -0.05) is 47.6 Å². The topological polar surface area (TPSA) is 210 Å². The number of hydrogen-bond acceptors (Lipinski definition) is 10. The van der Waals surface area contributed by atoms with Gasteiger partial charge in [-0.2, -0.15) is 0 Å². The highest BCUT2D eigenvalue weighted by molar-refractivity contribution is 7.99. The van der Waals surface area contributed by atoms with E-state index in [4.69, 9.17) is 33.8 Å². The van der Waals surface area contributed by atoms with Gasteiger partial charge in [0.2, 0.25) is 17.7 Å². The van der Waals surface area contributed by atoms with Crippen molar-refractivity contribution in [2.45, 2.75) is 79.7 Å². The van der Waals surface area contributed by atoms with Gasteiger partial charge in [0.25, 0.3) is 0 Å². The normalized spacial score (nSPS) is 18.5. The molecule has 0 saturated carbocycles. The number of nitrogens with one attached hydrogen (secondary N) is 4. The first-order chi connectivity index (χ1) is 27.2. The molecule has 10 N–H and O–H groups in total. The second kappa shape index (κ2) is 19.2. The summed E-state index contributed by atoms with van der Waals surface area (Å²) >= 11 is 8.48. The standard InChI is InChI=1S/C41H49ClN10O3S/c1-52-35(20-28-23-48-32-10-3-2-9-30(28)32)39(54)50-24-29-18-27(25-13-17-46-36(45)21-25)19-31(42)37(29)56-40-26(8-7-16-47-40)22-49-33(12-6-15-44)38(53)51-34(41(52)55)11-4-5-14-43/h2-3,7-10,13,16-19,21,23,33-35,48-49H,4-6,11-12,14-15,20,22,24,43-44H2,1H3,(H2,45,46)(H,50,54)(H,51,53)/t33-,34-,35-/m0/s1. The lowest BCUT2D eigenvalue weighted by Crippen LogP contribution is -2.57. The van der Waals surface area contributed by atoms with Crippen molar-refractivity contribution in [2.24, 2.45) is 11.5 Å². The maximum Gasteiger partial charge on any atom is 0.245 e. The molecule has 6 rings (SSSR count). The van der Waals surface area contributed by atoms with Crippen LogP contribution in [0, 0.1) is 0 Å². The van der Waals surface area contributed by atoms with Crippen LogP contribution >= 0.6 is 23.4 Å². The first-order valence-corrected chi connectivity index (χ1v) is 20.1. The maximum absolute atomic E-state index is 14.6. The van der Waals surface area contributed by atoms with Gasteiger partial charge in [0.15, 0.2) is 0 Å². The van der Waals surface area contributed by atoms with E-state index in [9.17, 15) is 14.4 Å². The van der Waals surface area contributed by atoms with Gasteiger partial charge in [-0.05, 0) is 109 Å². The summed E-state index contributed by atoms with van der Waals surface area (Å²) < 4.78 is 0. The van der Waals surface area contributed by atoms with Crippen LogP contribution in [-0.4, -0.2) is 75.8 Å². The number of nitrogens with zero attached hydrogens (tertiary/aromatic N) is 3. The van der Waals surface area contributed by atoms with Crippen molar-refractivity contribution in [3.8, 4) is 11.1 Å². The molecule has 294 valence electrons. The van der Waals surface area contributed by atoms with Gasteiger partial charge in [-0.25, -0.2) is 9.97 Å². The summed E-state index contributed by atoms with van der Waals surface area (Å²) in [7, 11) is 1.62. The Morgan fingerprint density at radius 1 is 0.857 bits per heavy atom. The molecular formula is C41H49ClN10O3S. The van der Waals surface area contributed by atoms with E-state index in [1.807, 2.05) is 60.8 Å². The van der Waals surface area contributed by atoms with Crippen LogP contribution in [0.2, 0.25) is 5.02 Å². The molecule has 13 nitrogen and oxygen atoms in total. The molecule has 15 heteroatoms. The number of H-pyrrole nitrogens is 1. The number of benzene rings is 2. The Morgan fingerprint density at radius 2 is 1.66 bits per heavy atom. The van der Waals surface area contributed by atoms with Crippen molar-refractivity contribution in [1.29, 1.82) is 0 Å². The molecule has 4 heterocycles. The van der Waals surface area contributed by atoms with Gasteiger partial charge in [-0.3, -0.25) is 14.4 Å². The van der Waals surface area contributed by atoms with Crippen LogP contribution in [0.5, 0.6) is 0 Å². The minimum atomic E-state index is -0.936. The molecule has 3 atom stereocenters. The van der Waals surface area contributed by atoms with Crippen LogP contribution in [-0.2, 0) is 33.9 Å². The predicted octanol–water partition coefficient (Wildman–Crippen LogP) is 4.52. The number of likely N-dealkylation sites (N-methyl/N-ethyl adjacent to an activating group) is 1. The number of unbranched alkanes of at least 4 members (excludes halogenated alkanes) is 1. The number of aromatic amines is 1. The number of aromatic nitrogens is 3. The fraction of sp³-hybridized carbons (Fsp3) is 0.341. The number of anilines is 1. The number of para-hydroxylation sites is 1. The van der Waals surface area contributed by atoms with Gasteiger partial charge in [0, 0.05) is 60.9 Å². The lowest BCUT2D eigenvalue weighted by molar-refractivity contribution is -0.142. The van der Waals surface area contributed by atoms with Crippen molar-refractivity contribution in [3.05, 3.63) is 101 Å². The first kappa shape index (κ1) is 40.7. The molecule has 5 aromatic rings. The molecule has 0 aliphatic carbocycles. The van der Waals surface area contributed by atoms with Crippen LogP contribution in [0.15, 0.2) is 89.2 Å². The number of carbonyl (C=O) groups excluding carboxylic acids is 3. The molecule has 3 aromatic heterocycles. The molecule has 1 aliphatic rings. The summed E-state index contributed by atoms with van der Waals surface area (Å²) in [4.78, 5) is 57.5. The van der Waals surface area contributed by atoms with E-state index in [1.54, 1.807) is 25.5 Å². The second-order valence-corrected chi connectivity index (χ2v) is 15.3. The molecule has 0 spiro atoms. The number of pyridine rings is 2. The summed E-state index contributed by atoms with van der Waals surface area (Å²) in [5.74, 6) is -0.699. The summed E-state index contributed by atoms with van der Waals surface area (Å²) in [6.07, 6.45) is 8.12. The van der Waals surface area contributed by atoms with E-state index < -0.39 is 18.1 Å². The van der Waals surface area contributed by atoms with Crippen molar-refractivity contribution in [2.75, 3.05) is 25.9 Å². The number of rotatable bonds is 10. The zero-order valence-electron chi connectivity index (χ0n) is 31.4. The Bertz CT molecular complexity index is 2160. The Hall–Kier alpha value is -4.99. The number of carbonyl (C=O) groups is 3. The molecule has 56 heavy (non-hydrogen) atoms. The summed E-state index contributed by atoms with van der Waals surface area (Å²) in [5.41, 5.74) is 22.8. The van der Waals surface area contributed by atoms with E-state index in [-0.39, 0.29) is 30.7 Å².